The lowest BCUT2D eigenvalue weighted by atomic mass is 10.1. The Morgan fingerprint density at radius 3 is 1.80 bits per heavy atom. The van der Waals surface area contributed by atoms with Crippen LogP contribution in [0, 0.1) is 0 Å². The van der Waals surface area contributed by atoms with Crippen molar-refractivity contribution in [2.75, 3.05) is 13.2 Å². The van der Waals surface area contributed by atoms with Crippen molar-refractivity contribution >= 4 is 0 Å². The van der Waals surface area contributed by atoms with Crippen LogP contribution in [0.1, 0.15) is 67.3 Å². The lowest BCUT2D eigenvalue weighted by Crippen LogP contribution is -2.40. The van der Waals surface area contributed by atoms with Crippen LogP contribution in [0.5, 0.6) is 0 Å². The largest absolute Gasteiger partial charge is 0.348 e. The molecule has 6 saturated heterocycles. The molecule has 14 nitrogen and oxygen atoms in total. The van der Waals surface area contributed by atoms with Gasteiger partial charge in [0.2, 0.25) is 0 Å². The first-order chi connectivity index (χ1) is 19.2. The standard InChI is InChI=1S/C27H41N3O11/c1-24(2)32-11-14(36-24)16-18-20(40-26(5,6)38-18)22(34-16)30-9-13(28-29-30)10-31-23-21-19(39-27(7,8)41-21)17(35-23)15-12-33-25(3,4)37-15/h9,14-23H,10-12H2,1-8H3/t14-,15-,16-,17-,18+,19+,20+,21+,22-,23+/m1/s1. The number of nitrogens with zero attached hydrogens (tertiary/aromatic N) is 3. The Balaban J connectivity index is 1.03. The summed E-state index contributed by atoms with van der Waals surface area (Å²) in [7, 11) is 0. The van der Waals surface area contributed by atoms with E-state index in [0.717, 1.165) is 0 Å². The van der Waals surface area contributed by atoms with Crippen LogP contribution in [0.15, 0.2) is 6.20 Å². The predicted molar refractivity (Wildman–Crippen MR) is 135 cm³/mol. The molecule has 7 rings (SSSR count). The topological polar surface area (TPSA) is 132 Å². The molecule has 0 aromatic carbocycles. The van der Waals surface area contributed by atoms with Crippen molar-refractivity contribution < 1.29 is 52.1 Å². The number of hydrogen-bond donors (Lipinski definition) is 0. The summed E-state index contributed by atoms with van der Waals surface area (Å²) in [6, 6.07) is 0. The van der Waals surface area contributed by atoms with E-state index < -0.39 is 60.1 Å². The van der Waals surface area contributed by atoms with E-state index in [0.29, 0.717) is 18.9 Å². The van der Waals surface area contributed by atoms with E-state index in [-0.39, 0.29) is 31.0 Å². The Kier molecular flexibility index (Phi) is 6.66. The highest BCUT2D eigenvalue weighted by molar-refractivity contribution is 5.03. The number of hydrogen-bond acceptors (Lipinski definition) is 13. The van der Waals surface area contributed by atoms with Crippen molar-refractivity contribution in [1.29, 1.82) is 0 Å². The molecule has 14 heteroatoms. The van der Waals surface area contributed by atoms with Gasteiger partial charge >= 0.3 is 0 Å². The van der Waals surface area contributed by atoms with Crippen LogP contribution in [0.4, 0.5) is 0 Å². The zero-order valence-corrected chi connectivity index (χ0v) is 24.8. The molecule has 6 fully saturated rings. The van der Waals surface area contributed by atoms with Crippen LogP contribution < -0.4 is 0 Å². The second-order valence-electron chi connectivity index (χ2n) is 13.3. The Bertz CT molecular complexity index is 1140. The van der Waals surface area contributed by atoms with E-state index in [1.807, 2.05) is 55.4 Å². The van der Waals surface area contributed by atoms with E-state index >= 15 is 0 Å². The Labute approximate surface area is 239 Å². The van der Waals surface area contributed by atoms with Gasteiger partial charge in [-0.05, 0) is 55.4 Å². The molecule has 0 radical (unpaired) electrons. The van der Waals surface area contributed by atoms with Gasteiger partial charge in [-0.15, -0.1) is 5.10 Å². The molecule has 6 aliphatic rings. The summed E-state index contributed by atoms with van der Waals surface area (Å²) in [4.78, 5) is 0. The molecule has 7 heterocycles. The first-order valence-electron chi connectivity index (χ1n) is 14.4. The molecule has 0 amide bonds. The van der Waals surface area contributed by atoms with Crippen molar-refractivity contribution in [2.45, 2.75) is 146 Å². The maximum Gasteiger partial charge on any atom is 0.187 e. The molecule has 10 atom stereocenters. The predicted octanol–water partition coefficient (Wildman–Crippen LogP) is 1.76. The summed E-state index contributed by atoms with van der Waals surface area (Å²) in [6.07, 6.45) is -2.41. The smallest absolute Gasteiger partial charge is 0.187 e. The molecule has 0 aliphatic carbocycles. The minimum atomic E-state index is -0.773. The van der Waals surface area contributed by atoms with Crippen LogP contribution >= 0.6 is 0 Å². The van der Waals surface area contributed by atoms with Gasteiger partial charge in [-0.25, -0.2) is 4.68 Å². The second-order valence-corrected chi connectivity index (χ2v) is 13.3. The third-order valence-corrected chi connectivity index (χ3v) is 8.12. The zero-order valence-electron chi connectivity index (χ0n) is 24.8. The molecule has 0 spiro atoms. The van der Waals surface area contributed by atoms with Crippen molar-refractivity contribution in [3.05, 3.63) is 11.9 Å². The van der Waals surface area contributed by atoms with E-state index in [9.17, 15) is 0 Å². The first-order valence-corrected chi connectivity index (χ1v) is 14.4. The SMILES string of the molecule is CC1(C)O[C@@H]2[C@H](O1)[C@@H](OCc1cn([C@@H]3O[C@H]([C@H]4COC(C)(C)O4)[C@@H]4OC(C)(C)O[C@@H]43)nn1)O[C@@H]2[C@H]1COC(C)(C)O1. The first kappa shape index (κ1) is 28.5. The summed E-state index contributed by atoms with van der Waals surface area (Å²) < 4.78 is 69.1. The molecular weight excluding hydrogens is 542 g/mol. The van der Waals surface area contributed by atoms with Gasteiger partial charge in [-0.3, -0.25) is 0 Å². The summed E-state index contributed by atoms with van der Waals surface area (Å²) in [5.74, 6) is -2.92. The number of rotatable bonds is 6. The van der Waals surface area contributed by atoms with Gasteiger partial charge < -0.3 is 52.1 Å². The van der Waals surface area contributed by atoms with Gasteiger partial charge in [0.25, 0.3) is 0 Å². The van der Waals surface area contributed by atoms with Gasteiger partial charge in [0.05, 0.1) is 26.0 Å². The maximum absolute atomic E-state index is 6.42. The quantitative estimate of drug-likeness (QED) is 0.482. The van der Waals surface area contributed by atoms with Crippen LogP contribution in [-0.2, 0) is 58.7 Å². The van der Waals surface area contributed by atoms with Crippen molar-refractivity contribution in [2.24, 2.45) is 0 Å². The van der Waals surface area contributed by atoms with Gasteiger partial charge in [0, 0.05) is 0 Å². The summed E-state index contributed by atoms with van der Waals surface area (Å²) in [5, 5.41) is 8.68. The highest BCUT2D eigenvalue weighted by atomic mass is 16.8. The third-order valence-electron chi connectivity index (χ3n) is 8.12. The monoisotopic (exact) mass is 583 g/mol. The van der Waals surface area contributed by atoms with Crippen molar-refractivity contribution in [3.63, 3.8) is 0 Å². The fourth-order valence-electron chi connectivity index (χ4n) is 6.57. The van der Waals surface area contributed by atoms with Gasteiger partial charge in [-0.2, -0.15) is 0 Å². The van der Waals surface area contributed by atoms with E-state index in [1.165, 1.54) is 0 Å². The van der Waals surface area contributed by atoms with Gasteiger partial charge in [0.15, 0.2) is 35.7 Å². The van der Waals surface area contributed by atoms with E-state index in [1.54, 1.807) is 10.9 Å². The van der Waals surface area contributed by atoms with Crippen molar-refractivity contribution in [3.8, 4) is 0 Å². The van der Waals surface area contributed by atoms with Crippen LogP contribution in [0.2, 0.25) is 0 Å². The number of aromatic nitrogens is 3. The summed E-state index contributed by atoms with van der Waals surface area (Å²) in [6.45, 7) is 16.0. The number of fused-ring (bicyclic) bond motifs is 2. The molecular formula is C27H41N3O11. The molecule has 0 N–H and O–H groups in total. The molecule has 6 aliphatic heterocycles. The summed E-state index contributed by atoms with van der Waals surface area (Å²) >= 11 is 0. The molecule has 0 bridgehead atoms. The molecule has 230 valence electrons. The fraction of sp³-hybridized carbons (Fsp3) is 0.926. The lowest BCUT2D eigenvalue weighted by molar-refractivity contribution is -0.250. The molecule has 0 unspecified atom stereocenters. The number of ether oxygens (including phenoxy) is 11. The van der Waals surface area contributed by atoms with Crippen LogP contribution in [-0.4, -0.2) is 106 Å². The normalized spacial score (nSPS) is 45.4. The lowest BCUT2D eigenvalue weighted by Gasteiger charge is -2.27. The Morgan fingerprint density at radius 1 is 0.683 bits per heavy atom. The van der Waals surface area contributed by atoms with E-state index in [2.05, 4.69) is 10.3 Å². The Hall–Kier alpha value is -1.30. The minimum absolute atomic E-state index is 0.138. The van der Waals surface area contributed by atoms with E-state index in [4.69, 9.17) is 52.1 Å². The second kappa shape index (κ2) is 9.60. The van der Waals surface area contributed by atoms with Crippen LogP contribution in [0.3, 0.4) is 0 Å². The third kappa shape index (κ3) is 5.35. The average molecular weight is 584 g/mol. The Morgan fingerprint density at radius 2 is 1.22 bits per heavy atom. The van der Waals surface area contributed by atoms with Crippen LogP contribution in [0.25, 0.3) is 0 Å². The fourth-order valence-corrected chi connectivity index (χ4v) is 6.57. The summed E-state index contributed by atoms with van der Waals surface area (Å²) in [5.41, 5.74) is 0.594. The molecule has 1 aromatic rings. The highest BCUT2D eigenvalue weighted by Gasteiger charge is 2.61. The average Bonchev–Trinajstić information content (AvgIpc) is 3.69. The zero-order chi connectivity index (χ0) is 28.9. The molecule has 41 heavy (non-hydrogen) atoms. The highest BCUT2D eigenvalue weighted by Crippen LogP contribution is 2.46. The van der Waals surface area contributed by atoms with Gasteiger partial charge in [-0.1, -0.05) is 5.21 Å². The van der Waals surface area contributed by atoms with Crippen molar-refractivity contribution in [1.82, 2.24) is 15.0 Å². The molecule has 1 aromatic heterocycles. The van der Waals surface area contributed by atoms with Gasteiger partial charge in [0.1, 0.15) is 54.5 Å². The minimum Gasteiger partial charge on any atom is -0.348 e. The molecule has 0 saturated carbocycles. The maximum atomic E-state index is 6.42.